The van der Waals surface area contributed by atoms with Crippen LogP contribution >= 0.6 is 15.9 Å². The van der Waals surface area contributed by atoms with Gasteiger partial charge in [0.05, 0.1) is 0 Å². The van der Waals surface area contributed by atoms with Crippen molar-refractivity contribution in [3.05, 3.63) is 33.8 Å². The minimum atomic E-state index is 0.276. The molecule has 0 aliphatic carbocycles. The Kier molecular flexibility index (Phi) is 8.35. The van der Waals surface area contributed by atoms with E-state index < -0.39 is 0 Å². The van der Waals surface area contributed by atoms with Crippen LogP contribution in [0.1, 0.15) is 69.0 Å². The molecule has 3 heteroatoms. The van der Waals surface area contributed by atoms with Crippen molar-refractivity contribution >= 4 is 15.9 Å². The number of hydrogen-bond acceptors (Lipinski definition) is 2. The number of rotatable bonds is 9. The molecule has 0 fully saturated rings. The molecule has 1 atom stereocenters. The Balaban J connectivity index is 2.38. The quantitative estimate of drug-likeness (QED) is 0.380. The first kappa shape index (κ1) is 16.7. The molecule has 108 valence electrons. The second kappa shape index (κ2) is 9.51. The summed E-state index contributed by atoms with van der Waals surface area (Å²) in [7, 11) is 0. The lowest BCUT2D eigenvalue weighted by Gasteiger charge is -2.17. The molecule has 0 aromatic heterocycles. The Morgan fingerprint density at radius 1 is 1.16 bits per heavy atom. The molecule has 1 unspecified atom stereocenters. The largest absolute Gasteiger partial charge is 0.271 e. The summed E-state index contributed by atoms with van der Waals surface area (Å²) in [6.07, 6.45) is 9.07. The second-order valence-electron chi connectivity index (χ2n) is 5.28. The van der Waals surface area contributed by atoms with Crippen molar-refractivity contribution in [3.8, 4) is 0 Å². The Labute approximate surface area is 126 Å². The first-order chi connectivity index (χ1) is 9.19. The van der Waals surface area contributed by atoms with E-state index in [2.05, 4.69) is 53.4 Å². The highest BCUT2D eigenvalue weighted by Gasteiger charge is 2.10. The van der Waals surface area contributed by atoms with E-state index in [0.717, 1.165) is 10.9 Å². The number of unbranched alkanes of at least 4 members (excludes halogenated alkanes) is 5. The van der Waals surface area contributed by atoms with Crippen molar-refractivity contribution < 1.29 is 0 Å². The van der Waals surface area contributed by atoms with Crippen molar-refractivity contribution in [3.63, 3.8) is 0 Å². The first-order valence-corrected chi connectivity index (χ1v) is 8.20. The third kappa shape index (κ3) is 6.07. The maximum Gasteiger partial charge on any atom is 0.0460 e. The van der Waals surface area contributed by atoms with Crippen LogP contribution < -0.4 is 11.3 Å². The van der Waals surface area contributed by atoms with Gasteiger partial charge in [0.1, 0.15) is 0 Å². The molecule has 1 rings (SSSR count). The Morgan fingerprint density at radius 3 is 2.47 bits per heavy atom. The monoisotopic (exact) mass is 326 g/mol. The fraction of sp³-hybridized carbons (Fsp3) is 0.625. The highest BCUT2D eigenvalue weighted by molar-refractivity contribution is 9.10. The van der Waals surface area contributed by atoms with Crippen LogP contribution in [0.5, 0.6) is 0 Å². The zero-order valence-electron chi connectivity index (χ0n) is 12.2. The average Bonchev–Trinajstić information content (AvgIpc) is 2.41. The molecule has 0 saturated heterocycles. The molecule has 0 radical (unpaired) electrons. The Hall–Kier alpha value is -0.380. The highest BCUT2D eigenvalue weighted by atomic mass is 79.9. The van der Waals surface area contributed by atoms with Gasteiger partial charge in [-0.15, -0.1) is 0 Å². The predicted molar refractivity (Wildman–Crippen MR) is 86.9 cm³/mol. The molecule has 0 spiro atoms. The van der Waals surface area contributed by atoms with Gasteiger partial charge in [-0.1, -0.05) is 73.5 Å². The third-order valence-electron chi connectivity index (χ3n) is 3.63. The Morgan fingerprint density at radius 2 is 1.84 bits per heavy atom. The van der Waals surface area contributed by atoms with E-state index in [4.69, 9.17) is 5.84 Å². The normalized spacial score (nSPS) is 12.6. The summed E-state index contributed by atoms with van der Waals surface area (Å²) in [5, 5.41) is 0. The topological polar surface area (TPSA) is 38.0 Å². The molecule has 0 aliphatic rings. The summed E-state index contributed by atoms with van der Waals surface area (Å²) in [4.78, 5) is 0. The summed E-state index contributed by atoms with van der Waals surface area (Å²) in [5.74, 6) is 5.69. The summed E-state index contributed by atoms with van der Waals surface area (Å²) in [5.41, 5.74) is 5.50. The fourth-order valence-electron chi connectivity index (χ4n) is 2.36. The number of aryl methyl sites for hydroxylation is 1. The van der Waals surface area contributed by atoms with Crippen LogP contribution in [0.4, 0.5) is 0 Å². The summed E-state index contributed by atoms with van der Waals surface area (Å²) in [6.45, 7) is 4.37. The molecule has 2 nitrogen and oxygen atoms in total. The molecule has 1 aromatic rings. The second-order valence-corrected chi connectivity index (χ2v) is 6.14. The van der Waals surface area contributed by atoms with Crippen molar-refractivity contribution in [2.24, 2.45) is 5.84 Å². The summed E-state index contributed by atoms with van der Waals surface area (Å²) in [6, 6.07) is 6.75. The maximum atomic E-state index is 5.69. The number of benzene rings is 1. The number of nitrogens with two attached hydrogens (primary N) is 1. The minimum absolute atomic E-state index is 0.276. The molecule has 0 aliphatic heterocycles. The fourth-order valence-corrected chi connectivity index (χ4v) is 2.61. The van der Waals surface area contributed by atoms with E-state index >= 15 is 0 Å². The lowest BCUT2D eigenvalue weighted by atomic mass is 9.99. The smallest absolute Gasteiger partial charge is 0.0460 e. The van der Waals surface area contributed by atoms with Gasteiger partial charge >= 0.3 is 0 Å². The van der Waals surface area contributed by atoms with Crippen molar-refractivity contribution in [2.75, 3.05) is 0 Å². The van der Waals surface area contributed by atoms with Gasteiger partial charge in [-0.3, -0.25) is 11.3 Å². The number of nitrogens with one attached hydrogen (secondary N) is 1. The highest BCUT2D eigenvalue weighted by Crippen LogP contribution is 2.24. The first-order valence-electron chi connectivity index (χ1n) is 7.41. The summed E-state index contributed by atoms with van der Waals surface area (Å²) < 4.78 is 1.16. The van der Waals surface area contributed by atoms with Gasteiger partial charge in [0.25, 0.3) is 0 Å². The van der Waals surface area contributed by atoms with E-state index in [1.54, 1.807) is 0 Å². The average molecular weight is 327 g/mol. The predicted octanol–water partition coefficient (Wildman–Crippen LogP) is 5.01. The Bertz CT molecular complexity index is 366. The van der Waals surface area contributed by atoms with Crippen molar-refractivity contribution in [1.29, 1.82) is 0 Å². The van der Waals surface area contributed by atoms with Crippen molar-refractivity contribution in [1.82, 2.24) is 5.43 Å². The lowest BCUT2D eigenvalue weighted by Crippen LogP contribution is -2.28. The van der Waals surface area contributed by atoms with E-state index in [-0.39, 0.29) is 6.04 Å². The maximum absolute atomic E-state index is 5.69. The van der Waals surface area contributed by atoms with Crippen LogP contribution in [0.25, 0.3) is 0 Å². The third-order valence-corrected chi connectivity index (χ3v) is 4.52. The lowest BCUT2D eigenvalue weighted by molar-refractivity contribution is 0.477. The molecule has 0 saturated carbocycles. The van der Waals surface area contributed by atoms with E-state index in [1.807, 2.05) is 0 Å². The zero-order chi connectivity index (χ0) is 14.1. The van der Waals surface area contributed by atoms with E-state index in [1.165, 1.54) is 49.7 Å². The van der Waals surface area contributed by atoms with Gasteiger partial charge in [0, 0.05) is 10.5 Å². The molecule has 0 heterocycles. The van der Waals surface area contributed by atoms with Crippen LogP contribution in [0.2, 0.25) is 0 Å². The van der Waals surface area contributed by atoms with Gasteiger partial charge in [-0.05, 0) is 30.5 Å². The van der Waals surface area contributed by atoms with Gasteiger partial charge in [-0.25, -0.2) is 0 Å². The van der Waals surface area contributed by atoms with E-state index in [0.29, 0.717) is 0 Å². The van der Waals surface area contributed by atoms with Crippen LogP contribution in [-0.4, -0.2) is 0 Å². The van der Waals surface area contributed by atoms with Gasteiger partial charge in [0.15, 0.2) is 0 Å². The van der Waals surface area contributed by atoms with Crippen LogP contribution in [0.15, 0.2) is 22.7 Å². The van der Waals surface area contributed by atoms with Gasteiger partial charge in [0.2, 0.25) is 0 Å². The molecule has 0 amide bonds. The minimum Gasteiger partial charge on any atom is -0.271 e. The number of hydrogen-bond donors (Lipinski definition) is 2. The van der Waals surface area contributed by atoms with Crippen molar-refractivity contribution in [2.45, 2.75) is 64.8 Å². The van der Waals surface area contributed by atoms with Crippen LogP contribution in [0.3, 0.4) is 0 Å². The molecule has 0 bridgehead atoms. The standard InChI is InChI=1S/C16H27BrN2/c1-3-4-5-6-7-8-9-16(19-18)14-10-11-15(17)13(2)12-14/h10-12,16,19H,3-9,18H2,1-2H3. The molecular formula is C16H27BrN2. The summed E-state index contributed by atoms with van der Waals surface area (Å²) >= 11 is 3.54. The van der Waals surface area contributed by atoms with Gasteiger partial charge in [-0.2, -0.15) is 0 Å². The zero-order valence-corrected chi connectivity index (χ0v) is 13.8. The number of halogens is 1. The van der Waals surface area contributed by atoms with Crippen LogP contribution in [0, 0.1) is 6.92 Å². The van der Waals surface area contributed by atoms with E-state index in [9.17, 15) is 0 Å². The van der Waals surface area contributed by atoms with Gasteiger partial charge < -0.3 is 0 Å². The van der Waals surface area contributed by atoms with Crippen LogP contribution in [-0.2, 0) is 0 Å². The molecule has 19 heavy (non-hydrogen) atoms. The molecule has 3 N–H and O–H groups in total. The SMILES string of the molecule is CCCCCCCCC(NN)c1ccc(Br)c(C)c1. The number of hydrazine groups is 1. The molecular weight excluding hydrogens is 300 g/mol. The molecule has 1 aromatic carbocycles.